The van der Waals surface area contributed by atoms with Gasteiger partial charge < -0.3 is 5.32 Å². The van der Waals surface area contributed by atoms with Gasteiger partial charge in [0.15, 0.2) is 10.3 Å². The van der Waals surface area contributed by atoms with E-state index in [1.54, 1.807) is 22.1 Å². The number of amides is 1. The standard InChI is InChI=1S/C23H22N4O2S3/c1-14(19(28)25-22-24-11-12-30-22)31-23-26-20-18(16-9-5-6-10-17(16)32-20)21(29)27(23)13-15-7-3-2-4-8-15/h2-4,7-8,11-12,14H,5-6,9-10,13H2,1H3,(H,24,25,28)/t14-/m0/s1. The zero-order valence-corrected chi connectivity index (χ0v) is 20.0. The molecule has 6 nitrogen and oxygen atoms in total. The predicted octanol–water partition coefficient (Wildman–Crippen LogP) is 4.96. The maximum atomic E-state index is 13.7. The number of aromatic nitrogens is 3. The maximum absolute atomic E-state index is 13.7. The molecule has 1 amide bonds. The van der Waals surface area contributed by atoms with Crippen molar-refractivity contribution < 1.29 is 4.79 Å². The number of thiazole rings is 1. The van der Waals surface area contributed by atoms with Crippen LogP contribution in [0.3, 0.4) is 0 Å². The van der Waals surface area contributed by atoms with Gasteiger partial charge in [0.25, 0.3) is 5.56 Å². The van der Waals surface area contributed by atoms with Crippen molar-refractivity contribution >= 4 is 55.7 Å². The van der Waals surface area contributed by atoms with Gasteiger partial charge in [0.05, 0.1) is 17.2 Å². The Kier molecular flexibility index (Phi) is 6.12. The summed E-state index contributed by atoms with van der Waals surface area (Å²) in [5, 5.41) is 6.14. The van der Waals surface area contributed by atoms with E-state index in [4.69, 9.17) is 4.98 Å². The molecule has 0 unspecified atom stereocenters. The van der Waals surface area contributed by atoms with Crippen molar-refractivity contribution in [3.63, 3.8) is 0 Å². The molecule has 0 radical (unpaired) electrons. The number of carbonyl (C=O) groups excluding carboxylic acids is 1. The molecule has 0 saturated heterocycles. The van der Waals surface area contributed by atoms with E-state index >= 15 is 0 Å². The summed E-state index contributed by atoms with van der Waals surface area (Å²) in [6, 6.07) is 9.91. The van der Waals surface area contributed by atoms with E-state index < -0.39 is 5.25 Å². The van der Waals surface area contributed by atoms with Gasteiger partial charge in [0, 0.05) is 16.5 Å². The van der Waals surface area contributed by atoms with Crippen molar-refractivity contribution in [2.24, 2.45) is 0 Å². The minimum Gasteiger partial charge on any atom is -0.301 e. The summed E-state index contributed by atoms with van der Waals surface area (Å²) < 4.78 is 1.73. The zero-order valence-electron chi connectivity index (χ0n) is 17.5. The highest BCUT2D eigenvalue weighted by atomic mass is 32.2. The molecule has 1 atom stereocenters. The molecule has 1 aromatic carbocycles. The summed E-state index contributed by atoms with van der Waals surface area (Å²) in [6.45, 7) is 2.26. The average molecular weight is 483 g/mol. The van der Waals surface area contributed by atoms with Crippen molar-refractivity contribution in [1.29, 1.82) is 0 Å². The van der Waals surface area contributed by atoms with E-state index in [-0.39, 0.29) is 11.5 Å². The number of hydrogen-bond acceptors (Lipinski definition) is 7. The first-order chi connectivity index (χ1) is 15.6. The van der Waals surface area contributed by atoms with Gasteiger partial charge in [-0.15, -0.1) is 22.7 Å². The van der Waals surface area contributed by atoms with Crippen LogP contribution >= 0.6 is 34.4 Å². The number of nitrogens with zero attached hydrogens (tertiary/aromatic N) is 3. The van der Waals surface area contributed by atoms with Gasteiger partial charge in [0.2, 0.25) is 5.91 Å². The number of fused-ring (bicyclic) bond motifs is 3. The van der Waals surface area contributed by atoms with Gasteiger partial charge in [-0.3, -0.25) is 14.2 Å². The van der Waals surface area contributed by atoms with E-state index in [2.05, 4.69) is 10.3 Å². The average Bonchev–Trinajstić information content (AvgIpc) is 3.44. The minimum absolute atomic E-state index is 0.00622. The van der Waals surface area contributed by atoms with E-state index in [9.17, 15) is 9.59 Å². The smallest absolute Gasteiger partial charge is 0.263 e. The van der Waals surface area contributed by atoms with Crippen LogP contribution in [0.25, 0.3) is 10.2 Å². The van der Waals surface area contributed by atoms with Crippen LogP contribution in [0, 0.1) is 0 Å². The second-order valence-corrected chi connectivity index (χ2v) is 11.0. The second kappa shape index (κ2) is 9.17. The Bertz CT molecular complexity index is 1310. The SMILES string of the molecule is C[C@H](Sc1nc2sc3c(c2c(=O)n1Cc1ccccc1)CCCC3)C(=O)Nc1nccs1. The third-order valence-corrected chi connectivity index (χ3v) is 8.50. The fraction of sp³-hybridized carbons (Fsp3) is 0.304. The highest BCUT2D eigenvalue weighted by Crippen LogP contribution is 2.35. The summed E-state index contributed by atoms with van der Waals surface area (Å²) in [6.07, 6.45) is 5.89. The molecule has 1 aliphatic carbocycles. The largest absolute Gasteiger partial charge is 0.301 e. The van der Waals surface area contributed by atoms with E-state index in [0.717, 1.165) is 41.5 Å². The number of rotatable bonds is 6. The van der Waals surface area contributed by atoms with Crippen LogP contribution < -0.4 is 10.9 Å². The van der Waals surface area contributed by atoms with Crippen molar-refractivity contribution in [2.75, 3.05) is 5.32 Å². The Labute approximate surface area is 197 Å². The molecule has 32 heavy (non-hydrogen) atoms. The number of hydrogen-bond donors (Lipinski definition) is 1. The number of thiophene rings is 1. The highest BCUT2D eigenvalue weighted by Gasteiger charge is 2.24. The topological polar surface area (TPSA) is 76.9 Å². The lowest BCUT2D eigenvalue weighted by atomic mass is 9.97. The lowest BCUT2D eigenvalue weighted by Gasteiger charge is -2.16. The number of thioether (sulfide) groups is 1. The number of aryl methyl sites for hydroxylation is 2. The molecule has 0 fully saturated rings. The molecule has 0 aliphatic heterocycles. The van der Waals surface area contributed by atoms with Crippen molar-refractivity contribution in [2.45, 2.75) is 49.6 Å². The van der Waals surface area contributed by atoms with Gasteiger partial charge in [0.1, 0.15) is 4.83 Å². The fourth-order valence-corrected chi connectivity index (χ4v) is 6.66. The van der Waals surface area contributed by atoms with Crippen molar-refractivity contribution in [3.05, 3.63) is 68.3 Å². The summed E-state index contributed by atoms with van der Waals surface area (Å²) in [4.78, 5) is 37.5. The quantitative estimate of drug-likeness (QED) is 0.310. The molecule has 0 bridgehead atoms. The summed E-state index contributed by atoms with van der Waals surface area (Å²) in [5.74, 6) is -0.156. The molecule has 0 spiro atoms. The van der Waals surface area contributed by atoms with Crippen LogP contribution in [0.4, 0.5) is 5.13 Å². The van der Waals surface area contributed by atoms with Gasteiger partial charge in [-0.2, -0.15) is 0 Å². The number of carbonyl (C=O) groups is 1. The monoisotopic (exact) mass is 482 g/mol. The number of anilines is 1. The third kappa shape index (κ3) is 4.24. The summed E-state index contributed by atoms with van der Waals surface area (Å²) >= 11 is 4.33. The molecule has 1 aliphatic rings. The van der Waals surface area contributed by atoms with Crippen LogP contribution in [-0.4, -0.2) is 25.7 Å². The number of nitrogens with one attached hydrogen (secondary N) is 1. The van der Waals surface area contributed by atoms with Gasteiger partial charge >= 0.3 is 0 Å². The highest BCUT2D eigenvalue weighted by molar-refractivity contribution is 8.00. The van der Waals surface area contributed by atoms with Gasteiger partial charge in [-0.25, -0.2) is 9.97 Å². The maximum Gasteiger partial charge on any atom is 0.263 e. The molecular formula is C23H22N4O2S3. The Hall–Kier alpha value is -2.49. The minimum atomic E-state index is -0.431. The Morgan fingerprint density at radius 1 is 1.25 bits per heavy atom. The second-order valence-electron chi connectivity index (χ2n) is 7.75. The van der Waals surface area contributed by atoms with Gasteiger partial charge in [-0.05, 0) is 43.7 Å². The number of benzene rings is 1. The normalized spacial score (nSPS) is 14.3. The lowest BCUT2D eigenvalue weighted by molar-refractivity contribution is -0.115. The third-order valence-electron chi connectivity index (χ3n) is 5.54. The van der Waals surface area contributed by atoms with Crippen LogP contribution in [0.1, 0.15) is 35.8 Å². The van der Waals surface area contributed by atoms with E-state index in [1.165, 1.54) is 33.5 Å². The molecular weight excluding hydrogens is 460 g/mol. The Morgan fingerprint density at radius 3 is 2.84 bits per heavy atom. The molecule has 164 valence electrons. The van der Waals surface area contributed by atoms with Crippen LogP contribution in [-0.2, 0) is 24.2 Å². The summed E-state index contributed by atoms with van der Waals surface area (Å²) in [5.41, 5.74) is 2.21. The fourth-order valence-electron chi connectivity index (χ4n) is 3.92. The first-order valence-corrected chi connectivity index (χ1v) is 13.1. The van der Waals surface area contributed by atoms with E-state index in [1.807, 2.05) is 42.6 Å². The molecule has 3 heterocycles. The first kappa shape index (κ1) is 21.4. The van der Waals surface area contributed by atoms with Crippen molar-refractivity contribution in [1.82, 2.24) is 14.5 Å². The van der Waals surface area contributed by atoms with Crippen LogP contribution in [0.5, 0.6) is 0 Å². The zero-order chi connectivity index (χ0) is 22.1. The first-order valence-electron chi connectivity index (χ1n) is 10.6. The van der Waals surface area contributed by atoms with E-state index in [0.29, 0.717) is 16.8 Å². The molecule has 0 saturated carbocycles. The Morgan fingerprint density at radius 2 is 2.06 bits per heavy atom. The van der Waals surface area contributed by atoms with Crippen LogP contribution in [0.2, 0.25) is 0 Å². The van der Waals surface area contributed by atoms with Gasteiger partial charge in [-0.1, -0.05) is 42.1 Å². The molecule has 1 N–H and O–H groups in total. The molecule has 3 aromatic heterocycles. The van der Waals surface area contributed by atoms with Crippen LogP contribution in [0.15, 0.2) is 51.9 Å². The van der Waals surface area contributed by atoms with Crippen molar-refractivity contribution in [3.8, 4) is 0 Å². The lowest BCUT2D eigenvalue weighted by Crippen LogP contribution is -2.27. The molecule has 9 heteroatoms. The summed E-state index contributed by atoms with van der Waals surface area (Å²) in [7, 11) is 0. The molecule has 5 rings (SSSR count). The predicted molar refractivity (Wildman–Crippen MR) is 132 cm³/mol. The molecule has 4 aromatic rings. The Balaban J connectivity index is 1.54.